The molecule has 0 aromatic heterocycles. The van der Waals surface area contributed by atoms with Gasteiger partial charge in [0.15, 0.2) is 5.96 Å². The molecule has 0 aromatic rings. The van der Waals surface area contributed by atoms with Gasteiger partial charge in [0.1, 0.15) is 0 Å². The molecule has 23 heavy (non-hydrogen) atoms. The van der Waals surface area contributed by atoms with Crippen molar-refractivity contribution in [1.29, 1.82) is 0 Å². The molecule has 2 rings (SSSR count). The summed E-state index contributed by atoms with van der Waals surface area (Å²) in [5, 5.41) is 3.30. The molecule has 2 unspecified atom stereocenters. The van der Waals surface area contributed by atoms with E-state index in [0.29, 0.717) is 17.9 Å². The summed E-state index contributed by atoms with van der Waals surface area (Å²) in [5.74, 6) is 1.12. The number of nitrogens with one attached hydrogen (secondary N) is 1. The Labute approximate surface area is 158 Å². The Bertz CT molecular complexity index is 349. The monoisotopic (exact) mass is 439 g/mol. The van der Waals surface area contributed by atoms with Gasteiger partial charge in [-0.15, -0.1) is 24.0 Å². The van der Waals surface area contributed by atoms with Gasteiger partial charge in [-0.05, 0) is 31.8 Å². The van der Waals surface area contributed by atoms with E-state index in [1.807, 2.05) is 0 Å². The Balaban J connectivity index is 0.00000264. The van der Waals surface area contributed by atoms with Crippen LogP contribution in [0.3, 0.4) is 0 Å². The van der Waals surface area contributed by atoms with Gasteiger partial charge in [-0.1, -0.05) is 13.8 Å². The summed E-state index contributed by atoms with van der Waals surface area (Å²) in [6.45, 7) is 13.4. The summed E-state index contributed by atoms with van der Waals surface area (Å²) < 4.78 is 5.37. The Morgan fingerprint density at radius 2 is 2.09 bits per heavy atom. The lowest BCUT2D eigenvalue weighted by atomic mass is 10.1. The molecule has 0 radical (unpaired) electrons. The molecule has 136 valence electrons. The largest absolute Gasteiger partial charge is 0.379 e. The number of hydrogen-bond acceptors (Lipinski definition) is 4. The minimum atomic E-state index is 0. The van der Waals surface area contributed by atoms with Gasteiger partial charge in [-0.25, -0.2) is 0 Å². The highest BCUT2D eigenvalue weighted by Gasteiger charge is 2.22. The first-order valence-electron chi connectivity index (χ1n) is 8.77. The summed E-state index contributed by atoms with van der Waals surface area (Å²) in [6.07, 6.45) is 2.56. The van der Waals surface area contributed by atoms with Crippen LogP contribution in [0.15, 0.2) is 4.99 Å². The van der Waals surface area contributed by atoms with Crippen LogP contribution in [0.2, 0.25) is 0 Å². The molecule has 0 spiro atoms. The number of aliphatic imine (C=N–C) groups is 1. The molecule has 2 aliphatic rings. The number of guanidine groups is 1. The van der Waals surface area contributed by atoms with Gasteiger partial charge in [0, 0.05) is 38.8 Å². The zero-order valence-electron chi connectivity index (χ0n) is 14.7. The van der Waals surface area contributed by atoms with Crippen molar-refractivity contribution < 1.29 is 4.74 Å². The first-order chi connectivity index (χ1) is 10.7. The SMILES string of the molecule is CCN1CCCC1CNC(N)=NCC(C)CN1CCOCC1.I. The summed E-state index contributed by atoms with van der Waals surface area (Å²) in [5.41, 5.74) is 6.01. The van der Waals surface area contributed by atoms with Crippen LogP contribution in [0.4, 0.5) is 0 Å². The van der Waals surface area contributed by atoms with Crippen LogP contribution < -0.4 is 11.1 Å². The molecule has 0 amide bonds. The maximum Gasteiger partial charge on any atom is 0.188 e. The average molecular weight is 439 g/mol. The normalized spacial score (nSPS) is 25.1. The van der Waals surface area contributed by atoms with Crippen LogP contribution in [0.5, 0.6) is 0 Å². The summed E-state index contributed by atoms with van der Waals surface area (Å²) in [7, 11) is 0. The lowest BCUT2D eigenvalue weighted by molar-refractivity contribution is 0.0323. The lowest BCUT2D eigenvalue weighted by Gasteiger charge is -2.28. The van der Waals surface area contributed by atoms with Gasteiger partial charge < -0.3 is 15.8 Å². The molecule has 2 aliphatic heterocycles. The molecule has 2 fully saturated rings. The van der Waals surface area contributed by atoms with Crippen molar-refractivity contribution in [2.75, 3.05) is 59.0 Å². The molecular formula is C16H34IN5O. The van der Waals surface area contributed by atoms with Crippen molar-refractivity contribution in [3.05, 3.63) is 0 Å². The maximum absolute atomic E-state index is 6.01. The minimum absolute atomic E-state index is 0. The van der Waals surface area contributed by atoms with E-state index in [4.69, 9.17) is 10.5 Å². The first kappa shape index (κ1) is 20.9. The smallest absolute Gasteiger partial charge is 0.188 e. The van der Waals surface area contributed by atoms with Crippen LogP contribution in [-0.2, 0) is 4.74 Å². The van der Waals surface area contributed by atoms with Crippen LogP contribution in [0.25, 0.3) is 0 Å². The van der Waals surface area contributed by atoms with E-state index in [1.165, 1.54) is 19.4 Å². The predicted octanol–water partition coefficient (Wildman–Crippen LogP) is 0.961. The highest BCUT2D eigenvalue weighted by molar-refractivity contribution is 14.0. The van der Waals surface area contributed by atoms with Gasteiger partial charge in [-0.2, -0.15) is 0 Å². The average Bonchev–Trinajstić information content (AvgIpc) is 2.99. The van der Waals surface area contributed by atoms with E-state index >= 15 is 0 Å². The fraction of sp³-hybridized carbons (Fsp3) is 0.938. The number of nitrogens with zero attached hydrogens (tertiary/aromatic N) is 3. The molecule has 2 heterocycles. The quantitative estimate of drug-likeness (QED) is 0.352. The van der Waals surface area contributed by atoms with Crippen molar-refractivity contribution in [2.45, 2.75) is 32.7 Å². The number of ether oxygens (including phenoxy) is 1. The van der Waals surface area contributed by atoms with Gasteiger partial charge in [-0.3, -0.25) is 14.8 Å². The van der Waals surface area contributed by atoms with Gasteiger partial charge >= 0.3 is 0 Å². The van der Waals surface area contributed by atoms with Crippen molar-refractivity contribution in [1.82, 2.24) is 15.1 Å². The first-order valence-corrected chi connectivity index (χ1v) is 8.77. The third-order valence-corrected chi connectivity index (χ3v) is 4.67. The third kappa shape index (κ3) is 7.53. The number of nitrogens with two attached hydrogens (primary N) is 1. The summed E-state index contributed by atoms with van der Waals surface area (Å²) in [6, 6.07) is 0.615. The topological polar surface area (TPSA) is 66.1 Å². The Morgan fingerprint density at radius 3 is 2.78 bits per heavy atom. The van der Waals surface area contributed by atoms with Gasteiger partial charge in [0.2, 0.25) is 0 Å². The van der Waals surface area contributed by atoms with E-state index in [9.17, 15) is 0 Å². The zero-order chi connectivity index (χ0) is 15.8. The summed E-state index contributed by atoms with van der Waals surface area (Å²) in [4.78, 5) is 9.47. The molecule has 0 bridgehead atoms. The van der Waals surface area contributed by atoms with E-state index in [1.54, 1.807) is 0 Å². The van der Waals surface area contributed by atoms with E-state index < -0.39 is 0 Å². The molecule has 2 atom stereocenters. The molecule has 0 saturated carbocycles. The van der Waals surface area contributed by atoms with Crippen molar-refractivity contribution in [3.63, 3.8) is 0 Å². The third-order valence-electron chi connectivity index (χ3n) is 4.67. The van der Waals surface area contributed by atoms with Gasteiger partial charge in [0.25, 0.3) is 0 Å². The number of rotatable bonds is 7. The number of likely N-dealkylation sites (N-methyl/N-ethyl adjacent to an activating group) is 1. The standard InChI is InChI=1S/C16H33N5O.HI/c1-3-21-6-4-5-15(21)12-19-16(17)18-11-14(2)13-20-7-9-22-10-8-20;/h14-15H,3-13H2,1-2H3,(H3,17,18,19);1H. The Morgan fingerprint density at radius 1 is 1.35 bits per heavy atom. The molecule has 7 heteroatoms. The molecule has 0 aliphatic carbocycles. The van der Waals surface area contributed by atoms with Crippen LogP contribution in [0.1, 0.15) is 26.7 Å². The molecular weight excluding hydrogens is 405 g/mol. The highest BCUT2D eigenvalue weighted by Crippen LogP contribution is 2.15. The maximum atomic E-state index is 6.01. The second-order valence-electron chi connectivity index (χ2n) is 6.55. The fourth-order valence-electron chi connectivity index (χ4n) is 3.36. The molecule has 0 aromatic carbocycles. The Kier molecular flexibility index (Phi) is 10.4. The van der Waals surface area contributed by atoms with E-state index in [2.05, 4.69) is 34.0 Å². The predicted molar refractivity (Wildman–Crippen MR) is 107 cm³/mol. The van der Waals surface area contributed by atoms with Crippen LogP contribution in [0, 0.1) is 5.92 Å². The van der Waals surface area contributed by atoms with Crippen molar-refractivity contribution in [2.24, 2.45) is 16.6 Å². The number of likely N-dealkylation sites (tertiary alicyclic amines) is 1. The number of halogens is 1. The van der Waals surface area contributed by atoms with E-state index in [-0.39, 0.29) is 24.0 Å². The lowest BCUT2D eigenvalue weighted by Crippen LogP contribution is -2.43. The molecule has 6 nitrogen and oxygen atoms in total. The molecule has 2 saturated heterocycles. The number of morpholine rings is 1. The highest BCUT2D eigenvalue weighted by atomic mass is 127. The summed E-state index contributed by atoms with van der Waals surface area (Å²) >= 11 is 0. The van der Waals surface area contributed by atoms with Crippen molar-refractivity contribution >= 4 is 29.9 Å². The Hall–Kier alpha value is -0.120. The van der Waals surface area contributed by atoms with Crippen molar-refractivity contribution in [3.8, 4) is 0 Å². The van der Waals surface area contributed by atoms with E-state index in [0.717, 1.165) is 52.5 Å². The zero-order valence-corrected chi connectivity index (χ0v) is 17.0. The second-order valence-corrected chi connectivity index (χ2v) is 6.55. The fourth-order valence-corrected chi connectivity index (χ4v) is 3.36. The van der Waals surface area contributed by atoms with Gasteiger partial charge in [0.05, 0.1) is 13.2 Å². The van der Waals surface area contributed by atoms with Crippen LogP contribution in [-0.4, -0.2) is 80.8 Å². The minimum Gasteiger partial charge on any atom is -0.379 e. The second kappa shape index (κ2) is 11.4. The molecule has 3 N–H and O–H groups in total. The number of hydrogen-bond donors (Lipinski definition) is 2. The van der Waals surface area contributed by atoms with Crippen LogP contribution >= 0.6 is 24.0 Å².